The van der Waals surface area contributed by atoms with Gasteiger partial charge in [0.15, 0.2) is 0 Å². The van der Waals surface area contributed by atoms with Crippen molar-refractivity contribution in [3.63, 3.8) is 0 Å². The van der Waals surface area contributed by atoms with Crippen LogP contribution in [0.4, 0.5) is 0 Å². The van der Waals surface area contributed by atoms with Crippen molar-refractivity contribution in [3.8, 4) is 0 Å². The Hall–Kier alpha value is -2.39. The van der Waals surface area contributed by atoms with Crippen LogP contribution in [0.15, 0.2) is 46.8 Å². The second kappa shape index (κ2) is 11.4. The molecule has 1 fully saturated rings. The molecule has 0 saturated carbocycles. The Labute approximate surface area is 224 Å². The maximum atomic E-state index is 12.8. The van der Waals surface area contributed by atoms with E-state index in [0.717, 1.165) is 4.90 Å². The Kier molecular flexibility index (Phi) is 8.76. The van der Waals surface area contributed by atoms with Crippen LogP contribution in [0, 0.1) is 0 Å². The number of carbonyl (C=O) groups is 4. The van der Waals surface area contributed by atoms with E-state index in [2.05, 4.69) is 20.8 Å². The van der Waals surface area contributed by atoms with Gasteiger partial charge in [0, 0.05) is 24.1 Å². The van der Waals surface area contributed by atoms with Crippen molar-refractivity contribution in [3.05, 3.63) is 47.2 Å². The summed E-state index contributed by atoms with van der Waals surface area (Å²) in [7, 11) is 1.66. The van der Waals surface area contributed by atoms with Gasteiger partial charge in [-0.25, -0.2) is 4.68 Å². The van der Waals surface area contributed by atoms with Crippen molar-refractivity contribution >= 4 is 47.8 Å². The molecule has 1 N–H and O–H groups in total. The molecular formula is C19H17N6NaO6S2. The third-order valence-corrected chi connectivity index (χ3v) is 7.46. The molecule has 172 valence electrons. The van der Waals surface area contributed by atoms with E-state index in [9.17, 15) is 24.3 Å². The van der Waals surface area contributed by atoms with E-state index in [1.807, 2.05) is 0 Å². The maximum Gasteiger partial charge on any atom is 1.00 e. The monoisotopic (exact) mass is 512 g/mol. The summed E-state index contributed by atoms with van der Waals surface area (Å²) < 4.78 is 6.38. The number of carboxylic acids is 1. The van der Waals surface area contributed by atoms with Gasteiger partial charge in [0.1, 0.15) is 11.4 Å². The molecule has 0 unspecified atom stereocenters. The summed E-state index contributed by atoms with van der Waals surface area (Å²) in [6.07, 6.45) is -1.23. The van der Waals surface area contributed by atoms with E-state index >= 15 is 0 Å². The number of hydrogen-bond donors (Lipinski definition) is 1. The number of nitrogens with one attached hydrogen (secondary N) is 1. The van der Waals surface area contributed by atoms with Gasteiger partial charge in [-0.2, -0.15) is 0 Å². The molecule has 2 aromatic rings. The molecule has 4 rings (SSSR count). The summed E-state index contributed by atoms with van der Waals surface area (Å²) >= 11 is 2.55. The zero-order valence-electron chi connectivity index (χ0n) is 18.1. The van der Waals surface area contributed by atoms with Gasteiger partial charge in [0.05, 0.1) is 11.7 Å². The number of benzene rings is 1. The number of aromatic nitrogens is 4. The number of β-lactam (4-membered cyclic amide) rings is 1. The SMILES string of the molecule is Cn1nnnc1SCC1=C(C(=O)[O-])N2C(=O)[C@@H](NC(=O)[C@@H](OC=O)c3ccccc3)[C@H]2SC1.[Na+]. The number of nitrogens with zero attached hydrogens (tertiary/aromatic N) is 5. The smallest absolute Gasteiger partial charge is 0.543 e. The van der Waals surface area contributed by atoms with E-state index < -0.39 is 35.3 Å². The molecule has 15 heteroatoms. The minimum Gasteiger partial charge on any atom is -0.543 e. The van der Waals surface area contributed by atoms with Gasteiger partial charge in [-0.05, 0) is 16.0 Å². The van der Waals surface area contributed by atoms with Crippen LogP contribution < -0.4 is 40.0 Å². The second-order valence-corrected chi connectivity index (χ2v) is 9.08. The molecule has 2 aliphatic heterocycles. The molecular weight excluding hydrogens is 495 g/mol. The van der Waals surface area contributed by atoms with Crippen molar-refractivity contribution < 1.29 is 58.6 Å². The Morgan fingerprint density at radius 2 is 2.12 bits per heavy atom. The number of aliphatic carboxylic acids is 1. The molecule has 0 bridgehead atoms. The third-order valence-electron chi connectivity index (χ3n) is 5.03. The number of tetrazole rings is 1. The second-order valence-electron chi connectivity index (χ2n) is 7.03. The molecule has 0 radical (unpaired) electrons. The molecule has 0 aliphatic carbocycles. The van der Waals surface area contributed by atoms with E-state index in [4.69, 9.17) is 4.74 Å². The number of ether oxygens (including phenoxy) is 1. The minimum absolute atomic E-state index is 0. The third kappa shape index (κ3) is 5.15. The summed E-state index contributed by atoms with van der Waals surface area (Å²) in [5.74, 6) is -2.17. The Balaban J connectivity index is 0.00000324. The normalized spacial score (nSPS) is 19.9. The molecule has 1 aromatic heterocycles. The molecule has 2 amide bonds. The molecule has 12 nitrogen and oxygen atoms in total. The predicted octanol–water partition coefficient (Wildman–Crippen LogP) is -4.38. The van der Waals surface area contributed by atoms with Gasteiger partial charge in [0.25, 0.3) is 18.3 Å². The van der Waals surface area contributed by atoms with Gasteiger partial charge < -0.3 is 20.0 Å². The number of hydrogen-bond acceptors (Lipinski definition) is 11. The summed E-state index contributed by atoms with van der Waals surface area (Å²) in [4.78, 5) is 49.5. The Morgan fingerprint density at radius 1 is 1.38 bits per heavy atom. The molecule has 2 aliphatic rings. The fourth-order valence-corrected chi connectivity index (χ4v) is 5.82. The maximum absolute atomic E-state index is 12.8. The summed E-state index contributed by atoms with van der Waals surface area (Å²) in [6, 6.07) is 7.39. The molecule has 3 atom stereocenters. The minimum atomic E-state index is -1.48. The average molecular weight is 513 g/mol. The van der Waals surface area contributed by atoms with Gasteiger partial charge in [-0.3, -0.25) is 19.3 Å². The van der Waals surface area contributed by atoms with Crippen LogP contribution in [0.3, 0.4) is 0 Å². The van der Waals surface area contributed by atoms with Crippen LogP contribution in [0.25, 0.3) is 0 Å². The van der Waals surface area contributed by atoms with Gasteiger partial charge in [0.2, 0.25) is 11.3 Å². The number of rotatable bonds is 9. The summed E-state index contributed by atoms with van der Waals surface area (Å²) in [5, 5.41) is 25.4. The van der Waals surface area contributed by atoms with Crippen LogP contribution in [0.2, 0.25) is 0 Å². The van der Waals surface area contributed by atoms with Crippen LogP contribution in [-0.4, -0.2) is 72.3 Å². The first-order chi connectivity index (χ1) is 15.9. The van der Waals surface area contributed by atoms with E-state index in [1.165, 1.54) is 28.2 Å². The van der Waals surface area contributed by atoms with Gasteiger partial charge >= 0.3 is 29.6 Å². The van der Waals surface area contributed by atoms with Gasteiger partial charge in [-0.1, -0.05) is 42.1 Å². The quantitative estimate of drug-likeness (QED) is 0.150. The average Bonchev–Trinajstić information content (AvgIpc) is 3.23. The first-order valence-corrected chi connectivity index (χ1v) is 11.6. The fraction of sp³-hybridized carbons (Fsp3) is 0.316. The zero-order valence-corrected chi connectivity index (χ0v) is 21.7. The largest absolute Gasteiger partial charge is 1.00 e. The first-order valence-electron chi connectivity index (χ1n) is 9.60. The number of carbonyl (C=O) groups excluding carboxylic acids is 4. The first kappa shape index (κ1) is 26.2. The number of fused-ring (bicyclic) bond motifs is 1. The molecule has 1 saturated heterocycles. The topological polar surface area (TPSA) is 159 Å². The standard InChI is InChI=1S/C19H18N6O6S2.Na/c1-24-19(21-22-23-24)33-8-11-7-32-17-12(16(28)25(17)13(11)18(29)30)20-15(27)14(31-9-26)10-5-3-2-4-6-10;/h2-6,9,12,14,17H,7-8H2,1H3,(H,20,27)(H,29,30);/q;+1/p-1/t12-,14+,17-;/m1./s1. The Morgan fingerprint density at radius 3 is 2.74 bits per heavy atom. The van der Waals surface area contributed by atoms with Crippen LogP contribution >= 0.6 is 23.5 Å². The Bertz CT molecular complexity index is 1130. The van der Waals surface area contributed by atoms with Crippen molar-refractivity contribution in [1.82, 2.24) is 30.4 Å². The summed E-state index contributed by atoms with van der Waals surface area (Å²) in [5.41, 5.74) is 0.726. The number of amides is 2. The van der Waals surface area contributed by atoms with E-state index in [-0.39, 0.29) is 47.5 Å². The molecule has 0 spiro atoms. The van der Waals surface area contributed by atoms with Crippen molar-refractivity contribution in [1.29, 1.82) is 0 Å². The molecule has 1 aromatic carbocycles. The fourth-order valence-electron chi connectivity index (χ4n) is 3.48. The van der Waals surface area contributed by atoms with Crippen molar-refractivity contribution in [2.45, 2.75) is 22.7 Å². The predicted molar refractivity (Wildman–Crippen MR) is 113 cm³/mol. The van der Waals surface area contributed by atoms with Crippen molar-refractivity contribution in [2.75, 3.05) is 11.5 Å². The van der Waals surface area contributed by atoms with Crippen LogP contribution in [-0.2, 0) is 31.0 Å². The van der Waals surface area contributed by atoms with Crippen molar-refractivity contribution in [2.24, 2.45) is 7.05 Å². The van der Waals surface area contributed by atoms with Crippen LogP contribution in [0.1, 0.15) is 11.7 Å². The number of aryl methyl sites for hydroxylation is 1. The number of carboxylic acid groups (broad SMARTS) is 1. The molecule has 3 heterocycles. The molecule has 34 heavy (non-hydrogen) atoms. The van der Waals surface area contributed by atoms with E-state index in [0.29, 0.717) is 22.0 Å². The van der Waals surface area contributed by atoms with Gasteiger partial charge in [-0.15, -0.1) is 16.9 Å². The summed E-state index contributed by atoms with van der Waals surface area (Å²) in [6.45, 7) is 0.162. The zero-order chi connectivity index (χ0) is 23.5. The van der Waals surface area contributed by atoms with Crippen LogP contribution in [0.5, 0.6) is 0 Å². The van der Waals surface area contributed by atoms with E-state index in [1.54, 1.807) is 37.4 Å². The number of thioether (sulfide) groups is 2.